The lowest BCUT2D eigenvalue weighted by atomic mass is 10.2. The second-order valence-corrected chi connectivity index (χ2v) is 5.03. The van der Waals surface area contributed by atoms with E-state index in [4.69, 9.17) is 11.6 Å². The van der Waals surface area contributed by atoms with Gasteiger partial charge in [0.25, 0.3) is 0 Å². The van der Waals surface area contributed by atoms with Crippen LogP contribution in [0.4, 0.5) is 0 Å². The van der Waals surface area contributed by atoms with Crippen molar-refractivity contribution in [2.45, 2.75) is 29.7 Å². The monoisotopic (exact) mass is 264 g/mol. The first-order valence-electron chi connectivity index (χ1n) is 5.53. The van der Waals surface area contributed by atoms with E-state index < -0.39 is 0 Å². The van der Waals surface area contributed by atoms with Crippen LogP contribution in [-0.2, 0) is 6.42 Å². The molecule has 0 radical (unpaired) electrons. The number of hydrogen-bond acceptors (Lipinski definition) is 3. The first-order valence-corrected chi connectivity index (χ1v) is 6.73. The Balaban J connectivity index is 2.29. The van der Waals surface area contributed by atoms with Gasteiger partial charge in [-0.15, -0.1) is 0 Å². The van der Waals surface area contributed by atoms with Gasteiger partial charge in [0.15, 0.2) is 0 Å². The van der Waals surface area contributed by atoms with Crippen LogP contribution >= 0.6 is 23.4 Å². The smallest absolute Gasteiger partial charge is 0.136 e. The second-order valence-electron chi connectivity index (χ2n) is 3.61. The van der Waals surface area contributed by atoms with Gasteiger partial charge in [-0.25, -0.2) is 9.97 Å². The third-order valence-electron chi connectivity index (χ3n) is 2.31. The molecule has 2 nitrogen and oxygen atoms in total. The van der Waals surface area contributed by atoms with Crippen LogP contribution < -0.4 is 0 Å². The maximum atomic E-state index is 6.11. The van der Waals surface area contributed by atoms with Crippen LogP contribution in [0.5, 0.6) is 0 Å². The third kappa shape index (κ3) is 3.20. The number of aromatic nitrogens is 2. The molecule has 0 amide bonds. The molecular weight excluding hydrogens is 252 g/mol. The van der Waals surface area contributed by atoms with Gasteiger partial charge in [0.05, 0.1) is 0 Å². The molecule has 0 saturated carbocycles. The molecule has 0 bridgehead atoms. The van der Waals surface area contributed by atoms with Gasteiger partial charge in [-0.3, -0.25) is 0 Å². The third-order valence-corrected chi connectivity index (χ3v) is 3.69. The van der Waals surface area contributed by atoms with Crippen LogP contribution in [0, 0.1) is 0 Å². The first kappa shape index (κ1) is 12.4. The molecule has 0 atom stereocenters. The minimum absolute atomic E-state index is 0.570. The molecule has 0 fully saturated rings. The van der Waals surface area contributed by atoms with Gasteiger partial charge in [-0.1, -0.05) is 54.9 Å². The quantitative estimate of drug-likeness (QED) is 0.773. The van der Waals surface area contributed by atoms with Crippen LogP contribution in [0.1, 0.15) is 18.9 Å². The Labute approximate surface area is 110 Å². The topological polar surface area (TPSA) is 25.8 Å². The molecule has 0 aliphatic heterocycles. The summed E-state index contributed by atoms with van der Waals surface area (Å²) < 4.78 is 0. The lowest BCUT2D eigenvalue weighted by molar-refractivity contribution is 0.856. The van der Waals surface area contributed by atoms with Gasteiger partial charge < -0.3 is 0 Å². The lowest BCUT2D eigenvalue weighted by Gasteiger charge is -2.08. The summed E-state index contributed by atoms with van der Waals surface area (Å²) in [5, 5.41) is 1.53. The molecule has 0 spiro atoms. The Bertz CT molecular complexity index is 488. The molecule has 2 rings (SSSR count). The van der Waals surface area contributed by atoms with Crippen LogP contribution in [0.15, 0.2) is 46.6 Å². The van der Waals surface area contributed by atoms with Crippen molar-refractivity contribution in [3.63, 3.8) is 0 Å². The number of nitrogens with zero attached hydrogens (tertiary/aromatic N) is 2. The van der Waals surface area contributed by atoms with Crippen LogP contribution in [0.2, 0.25) is 5.15 Å². The number of halogens is 1. The molecule has 0 saturated heterocycles. The predicted molar refractivity (Wildman–Crippen MR) is 71.6 cm³/mol. The molecule has 0 aliphatic carbocycles. The molecule has 2 aromatic rings. The fourth-order valence-corrected chi connectivity index (χ4v) is 2.75. The summed E-state index contributed by atoms with van der Waals surface area (Å²) in [4.78, 5) is 9.53. The zero-order chi connectivity index (χ0) is 12.1. The SMILES string of the molecule is CCCc1c(Cl)ncnc1Sc1ccccc1. The fourth-order valence-electron chi connectivity index (χ4n) is 1.52. The fraction of sp³-hybridized carbons (Fsp3) is 0.231. The van der Waals surface area contributed by atoms with Crippen molar-refractivity contribution in [1.29, 1.82) is 0 Å². The van der Waals surface area contributed by atoms with Crippen molar-refractivity contribution in [1.82, 2.24) is 9.97 Å². The number of benzene rings is 1. The number of hydrogen-bond donors (Lipinski definition) is 0. The number of rotatable bonds is 4. The van der Waals surface area contributed by atoms with Crippen LogP contribution in [0.25, 0.3) is 0 Å². The van der Waals surface area contributed by atoms with E-state index in [1.165, 1.54) is 11.2 Å². The van der Waals surface area contributed by atoms with E-state index in [2.05, 4.69) is 29.0 Å². The lowest BCUT2D eigenvalue weighted by Crippen LogP contribution is -1.95. The Morgan fingerprint density at radius 3 is 2.65 bits per heavy atom. The van der Waals surface area contributed by atoms with E-state index in [1.54, 1.807) is 11.8 Å². The Morgan fingerprint density at radius 1 is 1.18 bits per heavy atom. The predicted octanol–water partition coefficient (Wildman–Crippen LogP) is 4.23. The van der Waals surface area contributed by atoms with Gasteiger partial charge >= 0.3 is 0 Å². The average molecular weight is 265 g/mol. The Morgan fingerprint density at radius 2 is 1.94 bits per heavy atom. The van der Waals surface area contributed by atoms with E-state index in [-0.39, 0.29) is 0 Å². The van der Waals surface area contributed by atoms with E-state index in [0.717, 1.165) is 23.4 Å². The molecule has 4 heteroatoms. The van der Waals surface area contributed by atoms with Gasteiger partial charge in [0, 0.05) is 10.5 Å². The van der Waals surface area contributed by atoms with Crippen molar-refractivity contribution in [3.05, 3.63) is 47.4 Å². The van der Waals surface area contributed by atoms with Gasteiger partial charge in [-0.2, -0.15) is 0 Å². The highest BCUT2D eigenvalue weighted by Gasteiger charge is 2.10. The standard InChI is InChI=1S/C13H13ClN2S/c1-2-6-11-12(14)15-9-16-13(11)17-10-7-4-3-5-8-10/h3-5,7-9H,2,6H2,1H3. The second kappa shape index (κ2) is 6.03. The molecule has 1 heterocycles. The minimum atomic E-state index is 0.570. The molecule has 0 aliphatic rings. The van der Waals surface area contributed by atoms with Crippen molar-refractivity contribution >= 4 is 23.4 Å². The molecule has 1 aromatic carbocycles. The highest BCUT2D eigenvalue weighted by atomic mass is 35.5. The van der Waals surface area contributed by atoms with Crippen molar-refractivity contribution in [2.24, 2.45) is 0 Å². The summed E-state index contributed by atoms with van der Waals surface area (Å²) in [5.74, 6) is 0. The van der Waals surface area contributed by atoms with Crippen LogP contribution in [0.3, 0.4) is 0 Å². The zero-order valence-corrected chi connectivity index (χ0v) is 11.1. The van der Waals surface area contributed by atoms with Gasteiger partial charge in [-0.05, 0) is 18.6 Å². The summed E-state index contributed by atoms with van der Waals surface area (Å²) >= 11 is 7.74. The first-order chi connectivity index (χ1) is 8.31. The van der Waals surface area contributed by atoms with E-state index in [1.807, 2.05) is 18.2 Å². The van der Waals surface area contributed by atoms with Crippen molar-refractivity contribution < 1.29 is 0 Å². The summed E-state index contributed by atoms with van der Waals surface area (Å²) in [6.45, 7) is 2.13. The summed E-state index contributed by atoms with van der Waals surface area (Å²) in [7, 11) is 0. The summed E-state index contributed by atoms with van der Waals surface area (Å²) in [6.07, 6.45) is 3.47. The zero-order valence-electron chi connectivity index (χ0n) is 9.56. The summed E-state index contributed by atoms with van der Waals surface area (Å²) in [5.41, 5.74) is 1.05. The molecule has 88 valence electrons. The average Bonchev–Trinajstić information content (AvgIpc) is 2.35. The summed E-state index contributed by atoms with van der Waals surface area (Å²) in [6, 6.07) is 10.2. The molecule has 0 N–H and O–H groups in total. The van der Waals surface area contributed by atoms with Gasteiger partial charge in [0.2, 0.25) is 0 Å². The maximum Gasteiger partial charge on any atom is 0.136 e. The molecular formula is C13H13ClN2S. The Kier molecular flexibility index (Phi) is 4.40. The molecule has 0 unspecified atom stereocenters. The normalized spacial score (nSPS) is 10.5. The van der Waals surface area contributed by atoms with Crippen molar-refractivity contribution in [3.8, 4) is 0 Å². The minimum Gasteiger partial charge on any atom is -0.229 e. The molecule has 17 heavy (non-hydrogen) atoms. The maximum absolute atomic E-state index is 6.11. The van der Waals surface area contributed by atoms with E-state index in [0.29, 0.717) is 5.15 Å². The highest BCUT2D eigenvalue weighted by Crippen LogP contribution is 2.31. The van der Waals surface area contributed by atoms with Crippen LogP contribution in [-0.4, -0.2) is 9.97 Å². The largest absolute Gasteiger partial charge is 0.229 e. The Hall–Kier alpha value is -1.06. The molecule has 1 aromatic heterocycles. The van der Waals surface area contributed by atoms with E-state index in [9.17, 15) is 0 Å². The van der Waals surface area contributed by atoms with Gasteiger partial charge in [0.1, 0.15) is 16.5 Å². The van der Waals surface area contributed by atoms with Crippen molar-refractivity contribution in [2.75, 3.05) is 0 Å². The van der Waals surface area contributed by atoms with E-state index >= 15 is 0 Å². The highest BCUT2D eigenvalue weighted by molar-refractivity contribution is 7.99.